The number of hydrogen-bond acceptors (Lipinski definition) is 3. The van der Waals surface area contributed by atoms with E-state index in [1.54, 1.807) is 7.11 Å². The number of ketones is 1. The minimum atomic E-state index is 0.0283. The molecule has 0 saturated heterocycles. The Morgan fingerprint density at radius 1 is 1.05 bits per heavy atom. The highest BCUT2D eigenvalue weighted by Gasteiger charge is 2.07. The monoisotopic (exact) mass is 299 g/mol. The number of hydrogen-bond donors (Lipinski definition) is 1. The highest BCUT2D eigenvalue weighted by molar-refractivity contribution is 5.97. The Hall–Kier alpha value is -1.97. The van der Waals surface area contributed by atoms with Crippen molar-refractivity contribution in [2.75, 3.05) is 27.8 Å². The SMILES string of the molecule is CNC.COCC(=O)c1cc(C)cc(Cc2ccccc2)c1. The summed E-state index contributed by atoms with van der Waals surface area (Å²) in [5.74, 6) is 0.0283. The summed E-state index contributed by atoms with van der Waals surface area (Å²) in [5, 5.41) is 2.75. The van der Waals surface area contributed by atoms with Crippen LogP contribution in [0.4, 0.5) is 0 Å². The zero-order valence-electron chi connectivity index (χ0n) is 13.8. The summed E-state index contributed by atoms with van der Waals surface area (Å²) in [6.07, 6.45) is 0.843. The van der Waals surface area contributed by atoms with E-state index in [1.807, 2.05) is 51.4 Å². The molecule has 22 heavy (non-hydrogen) atoms. The molecule has 0 aliphatic heterocycles. The number of carbonyl (C=O) groups excluding carboxylic acids is 1. The molecular formula is C19H25NO2. The molecule has 3 heteroatoms. The van der Waals surface area contributed by atoms with Gasteiger partial charge in [-0.25, -0.2) is 0 Å². The first-order chi connectivity index (χ1) is 10.6. The number of Topliss-reactive ketones (excluding diaryl/α,β-unsaturated/α-hetero) is 1. The maximum absolute atomic E-state index is 11.9. The fourth-order valence-electron chi connectivity index (χ4n) is 2.17. The van der Waals surface area contributed by atoms with E-state index >= 15 is 0 Å². The van der Waals surface area contributed by atoms with Crippen molar-refractivity contribution < 1.29 is 9.53 Å². The molecule has 0 saturated carbocycles. The summed E-state index contributed by atoms with van der Waals surface area (Å²) >= 11 is 0. The Balaban J connectivity index is 0.000000745. The van der Waals surface area contributed by atoms with Gasteiger partial charge in [-0.05, 0) is 50.7 Å². The Kier molecular flexibility index (Phi) is 8.11. The van der Waals surface area contributed by atoms with Gasteiger partial charge in [0, 0.05) is 12.7 Å². The smallest absolute Gasteiger partial charge is 0.188 e. The second kappa shape index (κ2) is 9.87. The summed E-state index contributed by atoms with van der Waals surface area (Å²) in [4.78, 5) is 11.9. The zero-order chi connectivity index (χ0) is 16.4. The zero-order valence-corrected chi connectivity index (χ0v) is 13.8. The van der Waals surface area contributed by atoms with Crippen LogP contribution in [0.2, 0.25) is 0 Å². The second-order valence-electron chi connectivity index (χ2n) is 5.23. The first kappa shape index (κ1) is 18.1. The largest absolute Gasteiger partial charge is 0.377 e. The molecule has 118 valence electrons. The van der Waals surface area contributed by atoms with Gasteiger partial charge in [-0.3, -0.25) is 4.79 Å². The van der Waals surface area contributed by atoms with Gasteiger partial charge in [-0.2, -0.15) is 0 Å². The number of aryl methyl sites for hydroxylation is 1. The lowest BCUT2D eigenvalue weighted by Gasteiger charge is -2.07. The normalized spacial score (nSPS) is 9.82. The topological polar surface area (TPSA) is 38.3 Å². The number of carbonyl (C=O) groups is 1. The Morgan fingerprint density at radius 2 is 1.68 bits per heavy atom. The standard InChI is InChI=1S/C17H18O2.C2H7N/c1-13-8-15(10-14-6-4-3-5-7-14)11-16(9-13)17(18)12-19-2;1-3-2/h3-9,11H,10,12H2,1-2H3;3H,1-2H3. The van der Waals surface area contributed by atoms with Gasteiger partial charge >= 0.3 is 0 Å². The lowest BCUT2D eigenvalue weighted by molar-refractivity contribution is 0.0848. The van der Waals surface area contributed by atoms with E-state index in [1.165, 1.54) is 5.56 Å². The van der Waals surface area contributed by atoms with E-state index in [2.05, 4.69) is 23.5 Å². The van der Waals surface area contributed by atoms with Crippen molar-refractivity contribution in [3.63, 3.8) is 0 Å². The van der Waals surface area contributed by atoms with Crippen LogP contribution in [-0.4, -0.2) is 33.6 Å². The highest BCUT2D eigenvalue weighted by Crippen LogP contribution is 2.15. The van der Waals surface area contributed by atoms with Gasteiger partial charge in [-0.1, -0.05) is 42.0 Å². The van der Waals surface area contributed by atoms with Gasteiger partial charge in [0.1, 0.15) is 6.61 Å². The quantitative estimate of drug-likeness (QED) is 0.861. The van der Waals surface area contributed by atoms with Crippen molar-refractivity contribution >= 4 is 5.78 Å². The molecule has 0 bridgehead atoms. The molecule has 2 rings (SSSR count). The van der Waals surface area contributed by atoms with E-state index in [0.29, 0.717) is 0 Å². The van der Waals surface area contributed by atoms with E-state index < -0.39 is 0 Å². The molecule has 0 aromatic heterocycles. The van der Waals surface area contributed by atoms with E-state index in [9.17, 15) is 4.79 Å². The highest BCUT2D eigenvalue weighted by atomic mass is 16.5. The molecule has 2 aromatic rings. The molecule has 0 fully saturated rings. The first-order valence-electron chi connectivity index (χ1n) is 7.35. The Bertz CT molecular complexity index is 579. The van der Waals surface area contributed by atoms with Gasteiger partial charge in [0.05, 0.1) is 0 Å². The average molecular weight is 299 g/mol. The lowest BCUT2D eigenvalue weighted by atomic mass is 9.99. The molecule has 0 spiro atoms. The molecule has 0 amide bonds. The minimum Gasteiger partial charge on any atom is -0.377 e. The average Bonchev–Trinajstić information content (AvgIpc) is 2.49. The summed E-state index contributed by atoms with van der Waals surface area (Å²) in [5.41, 5.74) is 4.24. The van der Waals surface area contributed by atoms with Crippen LogP contribution in [0.25, 0.3) is 0 Å². The third-order valence-corrected chi connectivity index (χ3v) is 2.99. The minimum absolute atomic E-state index is 0.0283. The van der Waals surface area contributed by atoms with Crippen LogP contribution < -0.4 is 5.32 Å². The van der Waals surface area contributed by atoms with Crippen LogP contribution in [0.3, 0.4) is 0 Å². The molecule has 0 aliphatic rings. The van der Waals surface area contributed by atoms with Crippen molar-refractivity contribution in [3.05, 3.63) is 70.8 Å². The number of rotatable bonds is 5. The van der Waals surface area contributed by atoms with Crippen molar-refractivity contribution in [1.82, 2.24) is 5.32 Å². The maximum atomic E-state index is 11.9. The van der Waals surface area contributed by atoms with Crippen LogP contribution in [0.1, 0.15) is 27.0 Å². The molecule has 0 radical (unpaired) electrons. The Morgan fingerprint density at radius 3 is 2.27 bits per heavy atom. The predicted molar refractivity (Wildman–Crippen MR) is 91.6 cm³/mol. The summed E-state index contributed by atoms with van der Waals surface area (Å²) in [7, 11) is 5.29. The van der Waals surface area contributed by atoms with E-state index in [0.717, 1.165) is 23.1 Å². The van der Waals surface area contributed by atoms with Gasteiger partial charge < -0.3 is 10.1 Å². The number of nitrogens with one attached hydrogen (secondary N) is 1. The van der Waals surface area contributed by atoms with Gasteiger partial charge in [0.25, 0.3) is 0 Å². The van der Waals surface area contributed by atoms with Crippen molar-refractivity contribution in [3.8, 4) is 0 Å². The molecule has 3 nitrogen and oxygen atoms in total. The Labute approximate surface area is 133 Å². The molecule has 2 aromatic carbocycles. The summed E-state index contributed by atoms with van der Waals surface area (Å²) in [6.45, 7) is 2.15. The van der Waals surface area contributed by atoms with Crippen molar-refractivity contribution in [2.45, 2.75) is 13.3 Å². The predicted octanol–water partition coefficient (Wildman–Crippen LogP) is 3.25. The fourth-order valence-corrected chi connectivity index (χ4v) is 2.17. The fraction of sp³-hybridized carbons (Fsp3) is 0.316. The van der Waals surface area contributed by atoms with Crippen LogP contribution in [0.5, 0.6) is 0 Å². The molecule has 1 N–H and O–H groups in total. The van der Waals surface area contributed by atoms with Crippen LogP contribution >= 0.6 is 0 Å². The summed E-state index contributed by atoms with van der Waals surface area (Å²) < 4.78 is 4.91. The third kappa shape index (κ3) is 6.20. The molecule has 0 atom stereocenters. The van der Waals surface area contributed by atoms with E-state index in [-0.39, 0.29) is 12.4 Å². The van der Waals surface area contributed by atoms with Crippen molar-refractivity contribution in [1.29, 1.82) is 0 Å². The van der Waals surface area contributed by atoms with Crippen LogP contribution in [-0.2, 0) is 11.2 Å². The third-order valence-electron chi connectivity index (χ3n) is 2.99. The van der Waals surface area contributed by atoms with Crippen LogP contribution in [0.15, 0.2) is 48.5 Å². The second-order valence-corrected chi connectivity index (χ2v) is 5.23. The molecule has 0 unspecified atom stereocenters. The lowest BCUT2D eigenvalue weighted by Crippen LogP contribution is -2.08. The maximum Gasteiger partial charge on any atom is 0.188 e. The number of ether oxygens (including phenoxy) is 1. The van der Waals surface area contributed by atoms with Gasteiger partial charge in [0.2, 0.25) is 0 Å². The van der Waals surface area contributed by atoms with Gasteiger partial charge in [0.15, 0.2) is 5.78 Å². The first-order valence-corrected chi connectivity index (χ1v) is 7.35. The molecular weight excluding hydrogens is 274 g/mol. The van der Waals surface area contributed by atoms with Crippen molar-refractivity contribution in [2.24, 2.45) is 0 Å². The number of methoxy groups -OCH3 is 1. The van der Waals surface area contributed by atoms with Crippen LogP contribution in [0, 0.1) is 6.92 Å². The number of benzene rings is 2. The molecule has 0 aliphatic carbocycles. The van der Waals surface area contributed by atoms with E-state index in [4.69, 9.17) is 4.74 Å². The summed E-state index contributed by atoms with van der Waals surface area (Å²) in [6, 6.07) is 16.3. The van der Waals surface area contributed by atoms with Gasteiger partial charge in [-0.15, -0.1) is 0 Å². The molecule has 0 heterocycles.